The lowest BCUT2D eigenvalue weighted by atomic mass is 10.1. The van der Waals surface area contributed by atoms with Gasteiger partial charge in [0.25, 0.3) is 5.89 Å². The molecule has 0 amide bonds. The summed E-state index contributed by atoms with van der Waals surface area (Å²) in [7, 11) is 3.13. The van der Waals surface area contributed by atoms with Gasteiger partial charge in [-0.1, -0.05) is 16.8 Å². The van der Waals surface area contributed by atoms with Crippen LogP contribution in [0.5, 0.6) is 11.5 Å². The number of nitrogens with one attached hydrogen (secondary N) is 1. The highest BCUT2D eigenvalue weighted by Gasteiger charge is 2.18. The Morgan fingerprint density at radius 3 is 2.67 bits per heavy atom. The summed E-state index contributed by atoms with van der Waals surface area (Å²) in [6, 6.07) is 10.9. The number of aromatic nitrogens is 3. The van der Waals surface area contributed by atoms with Crippen molar-refractivity contribution in [2.24, 2.45) is 0 Å². The minimum atomic E-state index is -0.163. The van der Waals surface area contributed by atoms with Crippen molar-refractivity contribution in [2.75, 3.05) is 14.2 Å². The van der Waals surface area contributed by atoms with Gasteiger partial charge in [-0.3, -0.25) is 4.79 Å². The van der Waals surface area contributed by atoms with Crippen LogP contribution < -0.4 is 14.9 Å². The molecular weight excluding hydrogens is 346 g/mol. The Balaban J connectivity index is 1.81. The molecule has 0 aliphatic carbocycles. The Bertz CT molecular complexity index is 1190. The molecule has 0 saturated heterocycles. The molecule has 2 aromatic carbocycles. The van der Waals surface area contributed by atoms with E-state index < -0.39 is 0 Å². The van der Waals surface area contributed by atoms with Gasteiger partial charge in [-0.05, 0) is 31.2 Å². The zero-order valence-corrected chi connectivity index (χ0v) is 15.1. The number of aromatic amines is 1. The molecule has 0 radical (unpaired) electrons. The number of hydrogen-bond acceptors (Lipinski definition) is 6. The van der Waals surface area contributed by atoms with Gasteiger partial charge in [0.05, 0.1) is 19.8 Å². The second kappa shape index (κ2) is 6.60. The van der Waals surface area contributed by atoms with Crippen molar-refractivity contribution in [3.63, 3.8) is 0 Å². The number of pyridine rings is 1. The molecule has 2 heterocycles. The molecule has 7 heteroatoms. The first-order valence-corrected chi connectivity index (χ1v) is 8.29. The van der Waals surface area contributed by atoms with Crippen molar-refractivity contribution in [1.29, 1.82) is 0 Å². The summed E-state index contributed by atoms with van der Waals surface area (Å²) in [6.45, 7) is 1.94. The van der Waals surface area contributed by atoms with E-state index in [-0.39, 0.29) is 11.3 Å². The van der Waals surface area contributed by atoms with E-state index in [0.717, 1.165) is 11.1 Å². The smallest absolute Gasteiger partial charge is 0.263 e. The first kappa shape index (κ1) is 16.8. The number of H-pyrrole nitrogens is 1. The van der Waals surface area contributed by atoms with Crippen LogP contribution in [0.2, 0.25) is 0 Å². The van der Waals surface area contributed by atoms with E-state index in [1.165, 1.54) is 0 Å². The van der Waals surface area contributed by atoms with Gasteiger partial charge in [0.15, 0.2) is 0 Å². The minimum absolute atomic E-state index is 0.146. The molecule has 0 atom stereocenters. The summed E-state index contributed by atoms with van der Waals surface area (Å²) in [6.07, 6.45) is 1.59. The van der Waals surface area contributed by atoms with E-state index in [9.17, 15) is 4.79 Å². The quantitative estimate of drug-likeness (QED) is 0.596. The fraction of sp³-hybridized carbons (Fsp3) is 0.150. The molecule has 2 aromatic heterocycles. The van der Waals surface area contributed by atoms with Crippen molar-refractivity contribution in [3.05, 3.63) is 58.4 Å². The Morgan fingerprint density at radius 2 is 1.89 bits per heavy atom. The second-order valence-corrected chi connectivity index (χ2v) is 6.07. The topological polar surface area (TPSA) is 90.2 Å². The average Bonchev–Trinajstić information content (AvgIpc) is 3.17. The normalized spacial score (nSPS) is 10.9. The maximum absolute atomic E-state index is 12.8. The maximum Gasteiger partial charge on any atom is 0.263 e. The summed E-state index contributed by atoms with van der Waals surface area (Å²) in [5.41, 5.74) is 2.55. The van der Waals surface area contributed by atoms with E-state index in [2.05, 4.69) is 15.1 Å². The summed E-state index contributed by atoms with van der Waals surface area (Å²) in [5.74, 6) is 1.67. The fourth-order valence-corrected chi connectivity index (χ4v) is 2.92. The van der Waals surface area contributed by atoms with E-state index in [1.54, 1.807) is 38.6 Å². The second-order valence-electron chi connectivity index (χ2n) is 6.07. The number of benzene rings is 2. The Kier molecular flexibility index (Phi) is 4.12. The number of ether oxygens (including phenoxy) is 2. The third-order valence-electron chi connectivity index (χ3n) is 4.34. The van der Waals surface area contributed by atoms with Gasteiger partial charge in [-0.25, -0.2) is 0 Å². The van der Waals surface area contributed by atoms with Crippen LogP contribution in [-0.2, 0) is 0 Å². The lowest BCUT2D eigenvalue weighted by molar-refractivity contribution is 0.394. The van der Waals surface area contributed by atoms with E-state index >= 15 is 0 Å². The Morgan fingerprint density at radius 1 is 1.04 bits per heavy atom. The number of rotatable bonds is 4. The molecule has 4 aromatic rings. The van der Waals surface area contributed by atoms with Crippen molar-refractivity contribution >= 4 is 10.9 Å². The molecule has 4 rings (SSSR count). The van der Waals surface area contributed by atoms with Crippen LogP contribution >= 0.6 is 0 Å². The predicted molar refractivity (Wildman–Crippen MR) is 101 cm³/mol. The maximum atomic E-state index is 12.8. The molecule has 136 valence electrons. The van der Waals surface area contributed by atoms with Crippen molar-refractivity contribution in [3.8, 4) is 34.3 Å². The molecule has 1 N–H and O–H groups in total. The van der Waals surface area contributed by atoms with Gasteiger partial charge in [-0.2, -0.15) is 4.98 Å². The van der Waals surface area contributed by atoms with Crippen LogP contribution in [0.25, 0.3) is 33.7 Å². The van der Waals surface area contributed by atoms with Crippen LogP contribution in [-0.4, -0.2) is 29.3 Å². The van der Waals surface area contributed by atoms with Crippen molar-refractivity contribution in [1.82, 2.24) is 15.1 Å². The molecular formula is C20H17N3O4. The first-order valence-electron chi connectivity index (χ1n) is 8.29. The van der Waals surface area contributed by atoms with Gasteiger partial charge in [-0.15, -0.1) is 0 Å². The average molecular weight is 363 g/mol. The monoisotopic (exact) mass is 363 g/mol. The highest BCUT2D eigenvalue weighted by atomic mass is 16.5. The molecule has 0 aliphatic heterocycles. The van der Waals surface area contributed by atoms with Gasteiger partial charge < -0.3 is 19.0 Å². The molecule has 27 heavy (non-hydrogen) atoms. The predicted octanol–water partition coefficient (Wildman–Crippen LogP) is 3.57. The van der Waals surface area contributed by atoms with Gasteiger partial charge >= 0.3 is 0 Å². The van der Waals surface area contributed by atoms with Crippen LogP contribution in [0, 0.1) is 6.92 Å². The van der Waals surface area contributed by atoms with Gasteiger partial charge in [0.1, 0.15) is 17.1 Å². The van der Waals surface area contributed by atoms with E-state index in [4.69, 9.17) is 14.0 Å². The molecule has 0 unspecified atom stereocenters. The summed E-state index contributed by atoms with van der Waals surface area (Å²) < 4.78 is 15.9. The molecule has 7 nitrogen and oxygen atoms in total. The van der Waals surface area contributed by atoms with Crippen LogP contribution in [0.15, 0.2) is 51.9 Å². The zero-order valence-electron chi connectivity index (χ0n) is 15.1. The van der Waals surface area contributed by atoms with Crippen molar-refractivity contribution in [2.45, 2.75) is 6.92 Å². The van der Waals surface area contributed by atoms with Gasteiger partial charge in [0, 0.05) is 23.2 Å². The number of methoxy groups -OCH3 is 2. The SMILES string of the molecule is COc1ccc(-c2noc(-c3c[nH]c4ccc(C)cc4c3=O)n2)c(OC)c1. The third kappa shape index (κ3) is 2.93. The van der Waals surface area contributed by atoms with Crippen LogP contribution in [0.1, 0.15) is 5.56 Å². The Hall–Kier alpha value is -3.61. The highest BCUT2D eigenvalue weighted by Crippen LogP contribution is 2.32. The number of nitrogens with zero attached hydrogens (tertiary/aromatic N) is 2. The highest BCUT2D eigenvalue weighted by molar-refractivity contribution is 5.82. The number of hydrogen-bond donors (Lipinski definition) is 1. The molecule has 0 bridgehead atoms. The van der Waals surface area contributed by atoms with Crippen molar-refractivity contribution < 1.29 is 14.0 Å². The first-order chi connectivity index (χ1) is 13.1. The number of fused-ring (bicyclic) bond motifs is 1. The molecule has 0 saturated carbocycles. The van der Waals surface area contributed by atoms with E-state index in [1.807, 2.05) is 25.1 Å². The number of aryl methyl sites for hydroxylation is 1. The lowest BCUT2D eigenvalue weighted by Gasteiger charge is -2.07. The summed E-state index contributed by atoms with van der Waals surface area (Å²) in [4.78, 5) is 20.3. The fourth-order valence-electron chi connectivity index (χ4n) is 2.92. The minimum Gasteiger partial charge on any atom is -0.497 e. The summed E-state index contributed by atoms with van der Waals surface area (Å²) >= 11 is 0. The lowest BCUT2D eigenvalue weighted by Crippen LogP contribution is -2.06. The standard InChI is InChI=1S/C20H17N3O4/c1-11-4-7-16-14(8-11)18(24)15(10-21-16)20-22-19(23-27-20)13-6-5-12(25-2)9-17(13)26-3/h4-10H,1-3H3,(H,21,24). The third-order valence-corrected chi connectivity index (χ3v) is 4.34. The Labute approximate surface area is 154 Å². The summed E-state index contributed by atoms with van der Waals surface area (Å²) in [5, 5.41) is 4.58. The van der Waals surface area contributed by atoms with Crippen LogP contribution in [0.3, 0.4) is 0 Å². The van der Waals surface area contributed by atoms with Crippen LogP contribution in [0.4, 0.5) is 0 Å². The zero-order chi connectivity index (χ0) is 19.0. The van der Waals surface area contributed by atoms with E-state index in [0.29, 0.717) is 33.8 Å². The molecule has 0 spiro atoms. The molecule has 0 aliphatic rings. The largest absolute Gasteiger partial charge is 0.497 e. The molecule has 0 fully saturated rings. The van der Waals surface area contributed by atoms with Gasteiger partial charge in [0.2, 0.25) is 11.3 Å².